The van der Waals surface area contributed by atoms with Crippen molar-refractivity contribution in [2.75, 3.05) is 0 Å². The standard InChI is InChI=1S/C17H16O4/c1-16(18-12-7-3-4-8-13(12)19-16)11-17(2)20-14-9-5-6-10-15(14)21-17/h3-10H,11H2,1-2H3. The van der Waals surface area contributed by atoms with E-state index in [4.69, 9.17) is 18.9 Å². The third-order valence-corrected chi connectivity index (χ3v) is 3.64. The van der Waals surface area contributed by atoms with Gasteiger partial charge in [0.05, 0.1) is 0 Å². The molecule has 2 heterocycles. The summed E-state index contributed by atoms with van der Waals surface area (Å²) in [6, 6.07) is 15.3. The van der Waals surface area contributed by atoms with Gasteiger partial charge >= 0.3 is 0 Å². The highest BCUT2D eigenvalue weighted by atomic mass is 16.8. The zero-order valence-electron chi connectivity index (χ0n) is 12.0. The topological polar surface area (TPSA) is 36.9 Å². The van der Waals surface area contributed by atoms with Crippen LogP contribution < -0.4 is 18.9 Å². The van der Waals surface area contributed by atoms with Gasteiger partial charge in [-0.3, -0.25) is 0 Å². The lowest BCUT2D eigenvalue weighted by Crippen LogP contribution is -2.47. The highest BCUT2D eigenvalue weighted by molar-refractivity contribution is 5.44. The smallest absolute Gasteiger partial charge is 0.256 e. The van der Waals surface area contributed by atoms with Crippen LogP contribution in [0, 0.1) is 0 Å². The molecule has 0 atom stereocenters. The van der Waals surface area contributed by atoms with Gasteiger partial charge < -0.3 is 18.9 Å². The van der Waals surface area contributed by atoms with E-state index in [1.807, 2.05) is 62.4 Å². The van der Waals surface area contributed by atoms with Crippen molar-refractivity contribution in [2.24, 2.45) is 0 Å². The Hall–Kier alpha value is -2.36. The number of hydrogen-bond donors (Lipinski definition) is 0. The summed E-state index contributed by atoms with van der Waals surface area (Å²) in [5.74, 6) is 1.39. The van der Waals surface area contributed by atoms with Crippen LogP contribution in [0.15, 0.2) is 48.5 Å². The van der Waals surface area contributed by atoms with E-state index in [1.54, 1.807) is 0 Å². The van der Waals surface area contributed by atoms with Gasteiger partial charge in [-0.2, -0.15) is 0 Å². The van der Waals surface area contributed by atoms with Gasteiger partial charge in [0.2, 0.25) is 0 Å². The first-order valence-corrected chi connectivity index (χ1v) is 6.99. The average Bonchev–Trinajstić information content (AvgIpc) is 2.92. The maximum Gasteiger partial charge on any atom is 0.256 e. The van der Waals surface area contributed by atoms with Crippen molar-refractivity contribution in [1.29, 1.82) is 0 Å². The minimum atomic E-state index is -0.805. The SMILES string of the molecule is CC1(CC2(C)Oc3ccccc3O2)Oc2ccccc2O1. The molecule has 4 nitrogen and oxygen atoms in total. The van der Waals surface area contributed by atoms with Crippen molar-refractivity contribution in [3.05, 3.63) is 48.5 Å². The first kappa shape index (κ1) is 12.4. The van der Waals surface area contributed by atoms with Crippen molar-refractivity contribution in [3.8, 4) is 23.0 Å². The maximum absolute atomic E-state index is 5.94. The van der Waals surface area contributed by atoms with E-state index in [1.165, 1.54) is 0 Å². The van der Waals surface area contributed by atoms with E-state index in [2.05, 4.69) is 0 Å². The quantitative estimate of drug-likeness (QED) is 0.841. The molecular formula is C17H16O4. The minimum absolute atomic E-state index is 0.448. The van der Waals surface area contributed by atoms with Crippen molar-refractivity contribution in [1.82, 2.24) is 0 Å². The van der Waals surface area contributed by atoms with Crippen LogP contribution in [-0.4, -0.2) is 11.6 Å². The van der Waals surface area contributed by atoms with Gasteiger partial charge in [-0.1, -0.05) is 24.3 Å². The highest BCUT2D eigenvalue weighted by Crippen LogP contribution is 2.46. The third-order valence-electron chi connectivity index (χ3n) is 3.64. The first-order valence-electron chi connectivity index (χ1n) is 6.99. The molecule has 0 radical (unpaired) electrons. The summed E-state index contributed by atoms with van der Waals surface area (Å²) in [4.78, 5) is 0. The van der Waals surface area contributed by atoms with Gasteiger partial charge in [-0.05, 0) is 24.3 Å². The lowest BCUT2D eigenvalue weighted by Gasteiger charge is -2.31. The molecule has 4 rings (SSSR count). The monoisotopic (exact) mass is 284 g/mol. The Morgan fingerprint density at radius 1 is 0.619 bits per heavy atom. The van der Waals surface area contributed by atoms with Gasteiger partial charge in [0, 0.05) is 13.8 Å². The van der Waals surface area contributed by atoms with Crippen LogP contribution in [-0.2, 0) is 0 Å². The summed E-state index contributed by atoms with van der Waals surface area (Å²) in [5, 5.41) is 0. The molecule has 21 heavy (non-hydrogen) atoms. The second-order valence-electron chi connectivity index (χ2n) is 5.75. The Labute approximate surface area is 123 Å². The number of fused-ring (bicyclic) bond motifs is 2. The Kier molecular flexibility index (Phi) is 2.40. The maximum atomic E-state index is 5.94. The van der Waals surface area contributed by atoms with Gasteiger partial charge in [0.15, 0.2) is 23.0 Å². The van der Waals surface area contributed by atoms with E-state index in [0.717, 1.165) is 23.0 Å². The Morgan fingerprint density at radius 3 is 1.19 bits per heavy atom. The van der Waals surface area contributed by atoms with Crippen LogP contribution in [0.25, 0.3) is 0 Å². The van der Waals surface area contributed by atoms with Gasteiger partial charge in [0.1, 0.15) is 6.42 Å². The van der Waals surface area contributed by atoms with Crippen LogP contribution >= 0.6 is 0 Å². The third kappa shape index (κ3) is 2.07. The molecule has 0 aliphatic carbocycles. The van der Waals surface area contributed by atoms with E-state index in [0.29, 0.717) is 6.42 Å². The van der Waals surface area contributed by atoms with Gasteiger partial charge in [-0.25, -0.2) is 0 Å². The number of benzene rings is 2. The number of rotatable bonds is 2. The van der Waals surface area contributed by atoms with Crippen LogP contribution in [0.4, 0.5) is 0 Å². The summed E-state index contributed by atoms with van der Waals surface area (Å²) < 4.78 is 23.8. The van der Waals surface area contributed by atoms with E-state index < -0.39 is 11.6 Å². The van der Waals surface area contributed by atoms with Gasteiger partial charge in [-0.15, -0.1) is 0 Å². The number of ether oxygens (including phenoxy) is 4. The molecule has 4 heteroatoms. The molecule has 0 saturated carbocycles. The Morgan fingerprint density at radius 2 is 0.905 bits per heavy atom. The second kappa shape index (κ2) is 4.07. The van der Waals surface area contributed by atoms with Crippen LogP contribution in [0.2, 0.25) is 0 Å². The average molecular weight is 284 g/mol. The molecule has 0 N–H and O–H groups in total. The summed E-state index contributed by atoms with van der Waals surface area (Å²) in [5.41, 5.74) is 0. The summed E-state index contributed by atoms with van der Waals surface area (Å²) in [6.07, 6.45) is 0.448. The van der Waals surface area contributed by atoms with Gasteiger partial charge in [0.25, 0.3) is 11.6 Å². The number of hydrogen-bond acceptors (Lipinski definition) is 4. The van der Waals surface area contributed by atoms with Crippen LogP contribution in [0.1, 0.15) is 20.3 Å². The zero-order chi connectivity index (χ0) is 14.5. The predicted molar refractivity (Wildman–Crippen MR) is 76.8 cm³/mol. The molecule has 0 aromatic heterocycles. The van der Waals surface area contributed by atoms with Crippen LogP contribution in [0.5, 0.6) is 23.0 Å². The van der Waals surface area contributed by atoms with Crippen molar-refractivity contribution < 1.29 is 18.9 Å². The molecule has 0 saturated heterocycles. The largest absolute Gasteiger partial charge is 0.448 e. The Bertz CT molecular complexity index is 585. The molecule has 0 fully saturated rings. The lowest BCUT2D eigenvalue weighted by atomic mass is 10.1. The lowest BCUT2D eigenvalue weighted by molar-refractivity contribution is -0.162. The van der Waals surface area contributed by atoms with Crippen molar-refractivity contribution in [2.45, 2.75) is 31.8 Å². The minimum Gasteiger partial charge on any atom is -0.448 e. The molecule has 2 aromatic carbocycles. The molecular weight excluding hydrogens is 268 g/mol. The molecule has 0 amide bonds. The molecule has 2 aliphatic rings. The number of para-hydroxylation sites is 4. The first-order chi connectivity index (χ1) is 10.1. The molecule has 108 valence electrons. The fraction of sp³-hybridized carbons (Fsp3) is 0.294. The van der Waals surface area contributed by atoms with E-state index in [-0.39, 0.29) is 0 Å². The zero-order valence-corrected chi connectivity index (χ0v) is 12.0. The highest BCUT2D eigenvalue weighted by Gasteiger charge is 2.48. The molecule has 0 bridgehead atoms. The summed E-state index contributed by atoms with van der Waals surface area (Å²) in [6.45, 7) is 3.79. The van der Waals surface area contributed by atoms with Crippen molar-refractivity contribution >= 4 is 0 Å². The normalized spacial score (nSPS) is 19.5. The van der Waals surface area contributed by atoms with Crippen LogP contribution in [0.3, 0.4) is 0 Å². The fourth-order valence-corrected chi connectivity index (χ4v) is 2.94. The predicted octanol–water partition coefficient (Wildman–Crippen LogP) is 3.75. The molecule has 0 unspecified atom stereocenters. The Balaban J connectivity index is 1.55. The molecule has 2 aromatic rings. The van der Waals surface area contributed by atoms with Crippen molar-refractivity contribution in [3.63, 3.8) is 0 Å². The summed E-state index contributed by atoms with van der Waals surface area (Å²) >= 11 is 0. The van der Waals surface area contributed by atoms with E-state index >= 15 is 0 Å². The second-order valence-corrected chi connectivity index (χ2v) is 5.75. The molecule has 0 spiro atoms. The summed E-state index contributed by atoms with van der Waals surface area (Å²) in [7, 11) is 0. The fourth-order valence-electron chi connectivity index (χ4n) is 2.94. The molecule has 2 aliphatic heterocycles. The van der Waals surface area contributed by atoms with E-state index in [9.17, 15) is 0 Å².